The van der Waals surface area contributed by atoms with E-state index in [1.807, 2.05) is 0 Å². The first kappa shape index (κ1) is 12.0. The van der Waals surface area contributed by atoms with Gasteiger partial charge in [-0.25, -0.2) is 18.0 Å². The molecule has 0 fully saturated rings. The first-order valence-corrected chi connectivity index (χ1v) is 4.11. The monoisotopic (exact) mass is 229 g/mol. The number of benzene rings is 1. The number of esters is 1. The zero-order valence-corrected chi connectivity index (χ0v) is 8.13. The van der Waals surface area contributed by atoms with Gasteiger partial charge in [-0.3, -0.25) is 0 Å². The molecule has 3 nitrogen and oxygen atoms in total. The Kier molecular flexibility index (Phi) is 3.51. The third-order valence-corrected chi connectivity index (χ3v) is 1.89. The second-order valence-electron chi connectivity index (χ2n) is 2.82. The molecule has 0 aliphatic heterocycles. The summed E-state index contributed by atoms with van der Waals surface area (Å²) in [5.74, 6) is -2.19. The Morgan fingerprint density at radius 2 is 2.12 bits per heavy atom. The third-order valence-electron chi connectivity index (χ3n) is 1.89. The fourth-order valence-corrected chi connectivity index (χ4v) is 1.17. The van der Waals surface area contributed by atoms with Crippen LogP contribution in [0.5, 0.6) is 0 Å². The first-order chi connectivity index (χ1) is 7.51. The Morgan fingerprint density at radius 3 is 2.56 bits per heavy atom. The standard InChI is InChI=1S/C10H6F3NO2/c1-16-10(15)5-2-6(4-14)8(9(12)13)7(11)3-5/h2-3,9H,1H3. The Labute approximate surface area is 89.1 Å². The SMILES string of the molecule is COC(=O)c1cc(F)c(C(F)F)c(C#N)c1. The molecule has 0 aromatic heterocycles. The lowest BCUT2D eigenvalue weighted by atomic mass is 10.0. The van der Waals surface area contributed by atoms with E-state index in [2.05, 4.69) is 4.74 Å². The number of nitrogens with zero attached hydrogens (tertiary/aromatic N) is 1. The lowest BCUT2D eigenvalue weighted by Crippen LogP contribution is -2.05. The minimum absolute atomic E-state index is 0.277. The molecule has 6 heteroatoms. The molecular formula is C10H6F3NO2. The van der Waals surface area contributed by atoms with Crippen LogP contribution in [-0.2, 0) is 4.74 Å². The quantitative estimate of drug-likeness (QED) is 0.731. The summed E-state index contributed by atoms with van der Waals surface area (Å²) >= 11 is 0. The van der Waals surface area contributed by atoms with Gasteiger partial charge in [-0.05, 0) is 12.1 Å². The van der Waals surface area contributed by atoms with Gasteiger partial charge in [-0.15, -0.1) is 0 Å². The summed E-state index contributed by atoms with van der Waals surface area (Å²) in [6, 6.07) is 2.90. The molecule has 0 amide bonds. The molecule has 0 aliphatic rings. The van der Waals surface area contributed by atoms with E-state index in [0.717, 1.165) is 13.2 Å². The predicted octanol–water partition coefficient (Wildman–Crippen LogP) is 2.42. The van der Waals surface area contributed by atoms with Gasteiger partial charge in [0.15, 0.2) is 0 Å². The van der Waals surface area contributed by atoms with Crippen LogP contribution in [-0.4, -0.2) is 13.1 Å². The van der Waals surface area contributed by atoms with E-state index >= 15 is 0 Å². The number of hydrogen-bond acceptors (Lipinski definition) is 3. The molecule has 1 rings (SSSR count). The number of carbonyl (C=O) groups is 1. The molecule has 0 atom stereocenters. The van der Waals surface area contributed by atoms with Crippen LogP contribution in [0.2, 0.25) is 0 Å². The van der Waals surface area contributed by atoms with Gasteiger partial charge < -0.3 is 4.74 Å². The van der Waals surface area contributed by atoms with Crippen LogP contribution in [0.1, 0.15) is 27.9 Å². The number of alkyl halides is 2. The van der Waals surface area contributed by atoms with Crippen molar-refractivity contribution >= 4 is 5.97 Å². The van der Waals surface area contributed by atoms with Crippen molar-refractivity contribution in [2.24, 2.45) is 0 Å². The lowest BCUT2D eigenvalue weighted by molar-refractivity contribution is 0.0599. The summed E-state index contributed by atoms with van der Waals surface area (Å²) in [7, 11) is 1.06. The average Bonchev–Trinajstić information content (AvgIpc) is 2.26. The summed E-state index contributed by atoms with van der Waals surface area (Å²) in [4.78, 5) is 11.0. The zero-order chi connectivity index (χ0) is 12.3. The maximum absolute atomic E-state index is 13.2. The molecule has 0 bridgehead atoms. The van der Waals surface area contributed by atoms with E-state index in [1.165, 1.54) is 6.07 Å². The van der Waals surface area contributed by atoms with Crippen molar-refractivity contribution < 1.29 is 22.7 Å². The smallest absolute Gasteiger partial charge is 0.337 e. The number of halogens is 3. The van der Waals surface area contributed by atoms with Crippen molar-refractivity contribution in [2.45, 2.75) is 6.43 Å². The number of methoxy groups -OCH3 is 1. The second-order valence-corrected chi connectivity index (χ2v) is 2.82. The zero-order valence-electron chi connectivity index (χ0n) is 8.13. The number of carbonyl (C=O) groups excluding carboxylic acids is 1. The summed E-state index contributed by atoms with van der Waals surface area (Å²) in [6.45, 7) is 0. The Balaban J connectivity index is 3.39. The van der Waals surface area contributed by atoms with Crippen molar-refractivity contribution in [2.75, 3.05) is 7.11 Å². The van der Waals surface area contributed by atoms with Gasteiger partial charge in [0.25, 0.3) is 6.43 Å². The average molecular weight is 229 g/mol. The van der Waals surface area contributed by atoms with Crippen LogP contribution in [0.15, 0.2) is 12.1 Å². The molecule has 84 valence electrons. The second kappa shape index (κ2) is 4.66. The van der Waals surface area contributed by atoms with Crippen LogP contribution in [0.3, 0.4) is 0 Å². The minimum Gasteiger partial charge on any atom is -0.465 e. The molecule has 0 saturated carbocycles. The minimum atomic E-state index is -3.11. The van der Waals surface area contributed by atoms with Crippen LogP contribution in [0.4, 0.5) is 13.2 Å². The van der Waals surface area contributed by atoms with Gasteiger partial charge in [0, 0.05) is 0 Å². The van der Waals surface area contributed by atoms with Gasteiger partial charge in [0.2, 0.25) is 0 Å². The predicted molar refractivity (Wildman–Crippen MR) is 47.4 cm³/mol. The van der Waals surface area contributed by atoms with Crippen LogP contribution in [0, 0.1) is 17.1 Å². The maximum atomic E-state index is 13.2. The van der Waals surface area contributed by atoms with E-state index in [0.29, 0.717) is 6.07 Å². The molecule has 0 saturated heterocycles. The van der Waals surface area contributed by atoms with Gasteiger partial charge in [0.1, 0.15) is 5.82 Å². The number of hydrogen-bond donors (Lipinski definition) is 0. The fourth-order valence-electron chi connectivity index (χ4n) is 1.17. The molecule has 1 aromatic carbocycles. The van der Waals surface area contributed by atoms with Gasteiger partial charge in [-0.1, -0.05) is 0 Å². The topological polar surface area (TPSA) is 50.1 Å². The van der Waals surface area contributed by atoms with Gasteiger partial charge in [-0.2, -0.15) is 5.26 Å². The Bertz CT molecular complexity index is 466. The Hall–Kier alpha value is -2.03. The summed E-state index contributed by atoms with van der Waals surface area (Å²) < 4.78 is 42.3. The normalized spacial score (nSPS) is 10.0. The molecule has 0 spiro atoms. The number of ether oxygens (including phenoxy) is 1. The number of rotatable bonds is 2. The first-order valence-electron chi connectivity index (χ1n) is 4.11. The van der Waals surface area contributed by atoms with Crippen LogP contribution in [0.25, 0.3) is 0 Å². The van der Waals surface area contributed by atoms with E-state index in [1.54, 1.807) is 0 Å². The van der Waals surface area contributed by atoms with Crippen molar-refractivity contribution in [1.29, 1.82) is 5.26 Å². The van der Waals surface area contributed by atoms with Gasteiger partial charge in [0.05, 0.1) is 29.9 Å². The Morgan fingerprint density at radius 1 is 1.50 bits per heavy atom. The largest absolute Gasteiger partial charge is 0.465 e. The summed E-state index contributed by atoms with van der Waals surface area (Å²) in [5.41, 5.74) is -1.86. The number of nitriles is 1. The van der Waals surface area contributed by atoms with Crippen molar-refractivity contribution in [3.8, 4) is 6.07 Å². The molecular weight excluding hydrogens is 223 g/mol. The highest BCUT2D eigenvalue weighted by Crippen LogP contribution is 2.27. The molecule has 0 radical (unpaired) electrons. The van der Waals surface area contributed by atoms with Crippen molar-refractivity contribution in [1.82, 2.24) is 0 Å². The van der Waals surface area contributed by atoms with E-state index in [9.17, 15) is 18.0 Å². The fraction of sp³-hybridized carbons (Fsp3) is 0.200. The summed E-state index contributed by atoms with van der Waals surface area (Å²) in [6.07, 6.45) is -3.11. The molecule has 1 aromatic rings. The van der Waals surface area contributed by atoms with Crippen LogP contribution >= 0.6 is 0 Å². The molecule has 0 N–H and O–H groups in total. The molecule has 16 heavy (non-hydrogen) atoms. The highest BCUT2D eigenvalue weighted by Gasteiger charge is 2.21. The summed E-state index contributed by atoms with van der Waals surface area (Å²) in [5, 5.41) is 8.57. The molecule has 0 aliphatic carbocycles. The van der Waals surface area contributed by atoms with E-state index in [4.69, 9.17) is 5.26 Å². The molecule has 0 unspecified atom stereocenters. The highest BCUT2D eigenvalue weighted by atomic mass is 19.3. The highest BCUT2D eigenvalue weighted by molar-refractivity contribution is 5.89. The van der Waals surface area contributed by atoms with Crippen LogP contribution < -0.4 is 0 Å². The lowest BCUT2D eigenvalue weighted by Gasteiger charge is -2.06. The van der Waals surface area contributed by atoms with Crippen molar-refractivity contribution in [3.05, 3.63) is 34.6 Å². The third kappa shape index (κ3) is 2.14. The van der Waals surface area contributed by atoms with Gasteiger partial charge >= 0.3 is 5.97 Å². The maximum Gasteiger partial charge on any atom is 0.337 e. The van der Waals surface area contributed by atoms with E-state index in [-0.39, 0.29) is 5.56 Å². The van der Waals surface area contributed by atoms with E-state index < -0.39 is 29.3 Å². The van der Waals surface area contributed by atoms with Crippen molar-refractivity contribution in [3.63, 3.8) is 0 Å². The molecule has 0 heterocycles.